The van der Waals surface area contributed by atoms with Crippen molar-refractivity contribution in [2.24, 2.45) is 5.92 Å². The maximum atomic E-state index is 10.7. The van der Waals surface area contributed by atoms with Crippen molar-refractivity contribution in [2.75, 3.05) is 31.1 Å². The number of halogens is 2. The Kier molecular flexibility index (Phi) is 11.1. The molecule has 1 saturated carbocycles. The SMILES string of the molecule is Cl.Cl.O=C(O)CC[C@H]1CC[C@H](NCc2ccc(N3CCNCC3)cc2)CC1. The van der Waals surface area contributed by atoms with Gasteiger partial charge in [-0.15, -0.1) is 24.8 Å². The van der Waals surface area contributed by atoms with E-state index in [1.165, 1.54) is 24.1 Å². The van der Waals surface area contributed by atoms with Gasteiger partial charge in [0.15, 0.2) is 0 Å². The largest absolute Gasteiger partial charge is 0.481 e. The quantitative estimate of drug-likeness (QED) is 0.633. The molecule has 1 heterocycles. The molecule has 3 N–H and O–H groups in total. The number of anilines is 1. The van der Waals surface area contributed by atoms with Gasteiger partial charge in [0.25, 0.3) is 0 Å². The average molecular weight is 418 g/mol. The Bertz CT molecular complexity index is 543. The number of carboxylic acid groups (broad SMARTS) is 1. The molecular weight excluding hydrogens is 385 g/mol. The van der Waals surface area contributed by atoms with E-state index in [0.29, 0.717) is 18.4 Å². The molecule has 2 fully saturated rings. The van der Waals surface area contributed by atoms with Crippen LogP contribution in [0, 0.1) is 5.92 Å². The van der Waals surface area contributed by atoms with E-state index in [1.54, 1.807) is 0 Å². The van der Waals surface area contributed by atoms with Crippen LogP contribution in [0.3, 0.4) is 0 Å². The van der Waals surface area contributed by atoms with Crippen molar-refractivity contribution in [3.8, 4) is 0 Å². The molecule has 0 atom stereocenters. The first-order valence-corrected chi connectivity index (χ1v) is 9.70. The van der Waals surface area contributed by atoms with Crippen LogP contribution in [-0.4, -0.2) is 43.3 Å². The van der Waals surface area contributed by atoms with Gasteiger partial charge in [-0.05, 0) is 55.7 Å². The molecule has 1 aliphatic heterocycles. The average Bonchev–Trinajstić information content (AvgIpc) is 2.66. The summed E-state index contributed by atoms with van der Waals surface area (Å²) in [4.78, 5) is 13.1. The lowest BCUT2D eigenvalue weighted by atomic mass is 9.83. The third kappa shape index (κ3) is 7.86. The molecule has 0 radical (unpaired) electrons. The molecular formula is C20H33Cl2N3O2. The highest BCUT2D eigenvalue weighted by Gasteiger charge is 2.21. The number of aliphatic carboxylic acids is 1. The molecule has 27 heavy (non-hydrogen) atoms. The predicted octanol–water partition coefficient (Wildman–Crippen LogP) is 3.45. The van der Waals surface area contributed by atoms with Gasteiger partial charge in [-0.25, -0.2) is 0 Å². The summed E-state index contributed by atoms with van der Waals surface area (Å²) in [6.45, 7) is 5.23. The van der Waals surface area contributed by atoms with E-state index in [9.17, 15) is 4.79 Å². The molecule has 0 amide bonds. The molecule has 1 aliphatic carbocycles. The molecule has 1 aromatic rings. The lowest BCUT2D eigenvalue weighted by Gasteiger charge is -2.30. The number of rotatable bonds is 7. The summed E-state index contributed by atoms with van der Waals surface area (Å²) in [5, 5.41) is 15.9. The Morgan fingerprint density at radius 3 is 2.30 bits per heavy atom. The molecule has 5 nitrogen and oxygen atoms in total. The van der Waals surface area contributed by atoms with Crippen LogP contribution in [-0.2, 0) is 11.3 Å². The smallest absolute Gasteiger partial charge is 0.303 e. The summed E-state index contributed by atoms with van der Waals surface area (Å²) in [5.41, 5.74) is 2.66. The van der Waals surface area contributed by atoms with Gasteiger partial charge in [0.2, 0.25) is 0 Å². The van der Waals surface area contributed by atoms with Gasteiger partial charge in [0, 0.05) is 50.9 Å². The molecule has 0 aromatic heterocycles. The number of carbonyl (C=O) groups is 1. The van der Waals surface area contributed by atoms with Gasteiger partial charge in [0.1, 0.15) is 0 Å². The van der Waals surface area contributed by atoms with E-state index < -0.39 is 5.97 Å². The number of carboxylic acids is 1. The molecule has 0 spiro atoms. The van der Waals surface area contributed by atoms with Crippen LogP contribution >= 0.6 is 24.8 Å². The fourth-order valence-corrected chi connectivity index (χ4v) is 3.99. The highest BCUT2D eigenvalue weighted by Crippen LogP contribution is 2.28. The van der Waals surface area contributed by atoms with Crippen LogP contribution < -0.4 is 15.5 Å². The minimum absolute atomic E-state index is 0. The summed E-state index contributed by atoms with van der Waals surface area (Å²) in [6.07, 6.45) is 5.82. The predicted molar refractivity (Wildman–Crippen MR) is 115 cm³/mol. The first-order valence-electron chi connectivity index (χ1n) is 9.70. The zero-order valence-corrected chi connectivity index (χ0v) is 17.5. The van der Waals surface area contributed by atoms with E-state index in [4.69, 9.17) is 5.11 Å². The summed E-state index contributed by atoms with van der Waals surface area (Å²) < 4.78 is 0. The number of hydrogen-bond donors (Lipinski definition) is 3. The number of benzene rings is 1. The van der Waals surface area contributed by atoms with Crippen molar-refractivity contribution >= 4 is 36.5 Å². The zero-order valence-electron chi connectivity index (χ0n) is 15.9. The van der Waals surface area contributed by atoms with Gasteiger partial charge in [-0.2, -0.15) is 0 Å². The maximum absolute atomic E-state index is 10.7. The van der Waals surface area contributed by atoms with Crippen LogP contribution in [0.2, 0.25) is 0 Å². The third-order valence-electron chi connectivity index (χ3n) is 5.63. The van der Waals surface area contributed by atoms with Crippen molar-refractivity contribution in [3.05, 3.63) is 29.8 Å². The fourth-order valence-electron chi connectivity index (χ4n) is 3.99. The number of hydrogen-bond acceptors (Lipinski definition) is 4. The Labute approximate surface area is 175 Å². The molecule has 0 bridgehead atoms. The number of piperazine rings is 1. The van der Waals surface area contributed by atoms with Crippen LogP contribution in [0.5, 0.6) is 0 Å². The summed E-state index contributed by atoms with van der Waals surface area (Å²) in [7, 11) is 0. The van der Waals surface area contributed by atoms with Gasteiger partial charge >= 0.3 is 5.97 Å². The van der Waals surface area contributed by atoms with Gasteiger partial charge in [0.05, 0.1) is 0 Å². The van der Waals surface area contributed by atoms with Crippen molar-refractivity contribution in [2.45, 2.75) is 51.1 Å². The number of nitrogens with zero attached hydrogens (tertiary/aromatic N) is 1. The topological polar surface area (TPSA) is 64.6 Å². The maximum Gasteiger partial charge on any atom is 0.303 e. The van der Waals surface area contributed by atoms with E-state index in [1.807, 2.05) is 0 Å². The lowest BCUT2D eigenvalue weighted by molar-refractivity contribution is -0.137. The van der Waals surface area contributed by atoms with Crippen LogP contribution in [0.1, 0.15) is 44.1 Å². The summed E-state index contributed by atoms with van der Waals surface area (Å²) >= 11 is 0. The Morgan fingerprint density at radius 1 is 1.07 bits per heavy atom. The fraction of sp³-hybridized carbons (Fsp3) is 0.650. The highest BCUT2D eigenvalue weighted by atomic mass is 35.5. The van der Waals surface area contributed by atoms with E-state index in [-0.39, 0.29) is 24.8 Å². The Balaban J connectivity index is 0.00000182. The van der Waals surface area contributed by atoms with Crippen molar-refractivity contribution in [1.29, 1.82) is 0 Å². The monoisotopic (exact) mass is 417 g/mol. The molecule has 154 valence electrons. The second-order valence-corrected chi connectivity index (χ2v) is 7.43. The highest BCUT2D eigenvalue weighted by molar-refractivity contribution is 5.85. The minimum Gasteiger partial charge on any atom is -0.481 e. The van der Waals surface area contributed by atoms with E-state index >= 15 is 0 Å². The minimum atomic E-state index is -0.662. The summed E-state index contributed by atoms with van der Waals surface area (Å²) in [5.74, 6) is -0.0584. The summed E-state index contributed by atoms with van der Waals surface area (Å²) in [6, 6.07) is 9.54. The van der Waals surface area contributed by atoms with Crippen molar-refractivity contribution in [3.63, 3.8) is 0 Å². The Hall–Kier alpha value is -1.01. The van der Waals surface area contributed by atoms with Crippen LogP contribution in [0.25, 0.3) is 0 Å². The van der Waals surface area contributed by atoms with Gasteiger partial charge < -0.3 is 20.6 Å². The van der Waals surface area contributed by atoms with Gasteiger partial charge in [-0.3, -0.25) is 4.79 Å². The van der Waals surface area contributed by atoms with Gasteiger partial charge in [-0.1, -0.05) is 12.1 Å². The van der Waals surface area contributed by atoms with Crippen LogP contribution in [0.15, 0.2) is 24.3 Å². The first-order chi connectivity index (χ1) is 12.2. The van der Waals surface area contributed by atoms with Crippen LogP contribution in [0.4, 0.5) is 5.69 Å². The molecule has 7 heteroatoms. The zero-order chi connectivity index (χ0) is 17.5. The van der Waals surface area contributed by atoms with E-state index in [2.05, 4.69) is 39.8 Å². The molecule has 1 aromatic carbocycles. The molecule has 1 saturated heterocycles. The lowest BCUT2D eigenvalue weighted by Crippen LogP contribution is -2.43. The molecule has 0 unspecified atom stereocenters. The molecule has 2 aliphatic rings. The van der Waals surface area contributed by atoms with Crippen molar-refractivity contribution in [1.82, 2.24) is 10.6 Å². The Morgan fingerprint density at radius 2 is 1.70 bits per heavy atom. The number of nitrogens with one attached hydrogen (secondary N) is 2. The van der Waals surface area contributed by atoms with E-state index in [0.717, 1.165) is 52.0 Å². The third-order valence-corrected chi connectivity index (χ3v) is 5.63. The second kappa shape index (κ2) is 12.4. The second-order valence-electron chi connectivity index (χ2n) is 7.43. The molecule has 3 rings (SSSR count). The normalized spacial score (nSPS) is 22.4. The van der Waals surface area contributed by atoms with Crippen molar-refractivity contribution < 1.29 is 9.90 Å². The standard InChI is InChI=1S/C20H31N3O2.2ClH/c24-20(25)10-5-16-1-6-18(7-2-16)22-15-17-3-8-19(9-4-17)23-13-11-21-12-14-23;;/h3-4,8-9,16,18,21-22H,1-2,5-7,10-15H2,(H,24,25);2*1H/t16-,18-;;. The first kappa shape index (κ1) is 24.0.